The molecule has 20 heavy (non-hydrogen) atoms. The summed E-state index contributed by atoms with van der Waals surface area (Å²) < 4.78 is 6.16. The summed E-state index contributed by atoms with van der Waals surface area (Å²) in [4.78, 5) is 4.20. The molecule has 0 fully saturated rings. The summed E-state index contributed by atoms with van der Waals surface area (Å²) in [6.07, 6.45) is 0. The summed E-state index contributed by atoms with van der Waals surface area (Å²) in [5.41, 5.74) is 1.15. The van der Waals surface area contributed by atoms with Gasteiger partial charge in [-0.1, -0.05) is 6.07 Å². The zero-order chi connectivity index (χ0) is 14.5. The van der Waals surface area contributed by atoms with Gasteiger partial charge in [0.2, 0.25) is 0 Å². The van der Waals surface area contributed by atoms with Gasteiger partial charge in [0.15, 0.2) is 5.96 Å². The van der Waals surface area contributed by atoms with Crippen molar-refractivity contribution in [3.63, 3.8) is 0 Å². The molecule has 0 atom stereocenters. The fraction of sp³-hybridized carbons (Fsp3) is 0.500. The van der Waals surface area contributed by atoms with Gasteiger partial charge in [-0.25, -0.2) is 0 Å². The minimum atomic E-state index is -0.0116. The summed E-state index contributed by atoms with van der Waals surface area (Å²) in [5.74, 6) is 1.63. The van der Waals surface area contributed by atoms with Crippen molar-refractivity contribution in [3.05, 3.63) is 28.2 Å². The van der Waals surface area contributed by atoms with Gasteiger partial charge < -0.3 is 15.4 Å². The Morgan fingerprint density at radius 3 is 2.45 bits per heavy atom. The molecule has 114 valence electrons. The number of guanidine groups is 1. The highest BCUT2D eigenvalue weighted by molar-refractivity contribution is 14.0. The lowest BCUT2D eigenvalue weighted by Gasteiger charge is -2.23. The van der Waals surface area contributed by atoms with Crippen molar-refractivity contribution in [2.45, 2.75) is 32.9 Å². The Hall–Kier alpha value is -0.500. The molecule has 0 aromatic heterocycles. The zero-order valence-electron chi connectivity index (χ0n) is 12.6. The molecular weight excluding hydrogens is 433 g/mol. The van der Waals surface area contributed by atoms with Crippen LogP contribution >= 0.6 is 39.9 Å². The van der Waals surface area contributed by atoms with E-state index in [1.807, 2.05) is 18.2 Å². The van der Waals surface area contributed by atoms with Crippen LogP contribution in [0.25, 0.3) is 0 Å². The number of methoxy groups -OCH3 is 1. The Labute approximate surface area is 146 Å². The van der Waals surface area contributed by atoms with Crippen molar-refractivity contribution in [3.8, 4) is 5.75 Å². The van der Waals surface area contributed by atoms with E-state index in [9.17, 15) is 0 Å². The standard InChI is InChI=1S/C14H22BrN3O.HI/c1-14(2,3)18-13(16-4)17-9-10-6-7-12(19-5)11(15)8-10;/h6-8H,9H2,1-5H3,(H2,16,17,18);1H. The predicted octanol–water partition coefficient (Wildman–Crippen LogP) is 3.54. The second-order valence-electron chi connectivity index (χ2n) is 5.27. The molecule has 0 amide bonds. The minimum absolute atomic E-state index is 0. The third kappa shape index (κ3) is 6.78. The fourth-order valence-corrected chi connectivity index (χ4v) is 2.13. The van der Waals surface area contributed by atoms with Gasteiger partial charge in [0, 0.05) is 19.1 Å². The molecule has 0 saturated heterocycles. The topological polar surface area (TPSA) is 45.7 Å². The first-order valence-corrected chi connectivity index (χ1v) is 6.96. The van der Waals surface area contributed by atoms with E-state index in [0.717, 1.165) is 21.7 Å². The van der Waals surface area contributed by atoms with Gasteiger partial charge >= 0.3 is 0 Å². The van der Waals surface area contributed by atoms with Crippen molar-refractivity contribution < 1.29 is 4.74 Å². The van der Waals surface area contributed by atoms with Crippen molar-refractivity contribution in [2.75, 3.05) is 14.2 Å². The van der Waals surface area contributed by atoms with Gasteiger partial charge in [-0.05, 0) is 54.4 Å². The number of rotatable bonds is 3. The van der Waals surface area contributed by atoms with Crippen LogP contribution in [0.5, 0.6) is 5.75 Å². The van der Waals surface area contributed by atoms with E-state index < -0.39 is 0 Å². The molecule has 0 heterocycles. The van der Waals surface area contributed by atoms with Gasteiger partial charge in [-0.15, -0.1) is 24.0 Å². The van der Waals surface area contributed by atoms with Crippen molar-refractivity contribution in [1.82, 2.24) is 10.6 Å². The molecule has 6 heteroatoms. The summed E-state index contributed by atoms with van der Waals surface area (Å²) in [6.45, 7) is 7.01. The van der Waals surface area contributed by atoms with Crippen LogP contribution in [0.1, 0.15) is 26.3 Å². The van der Waals surface area contributed by atoms with E-state index in [1.54, 1.807) is 14.2 Å². The molecule has 0 aliphatic heterocycles. The van der Waals surface area contributed by atoms with Gasteiger partial charge in [-0.3, -0.25) is 4.99 Å². The Morgan fingerprint density at radius 1 is 1.35 bits per heavy atom. The number of halogens is 2. The molecule has 1 aromatic rings. The molecule has 0 saturated carbocycles. The van der Waals surface area contributed by atoms with Crippen LogP contribution < -0.4 is 15.4 Å². The zero-order valence-corrected chi connectivity index (χ0v) is 16.5. The Morgan fingerprint density at radius 2 is 2.00 bits per heavy atom. The molecule has 0 aliphatic carbocycles. The van der Waals surface area contributed by atoms with Crippen LogP contribution in [0.4, 0.5) is 0 Å². The Balaban J connectivity index is 0.00000361. The first-order valence-electron chi connectivity index (χ1n) is 6.17. The monoisotopic (exact) mass is 455 g/mol. The lowest BCUT2D eigenvalue weighted by Crippen LogP contribution is -2.47. The van der Waals surface area contributed by atoms with Gasteiger partial charge in [-0.2, -0.15) is 0 Å². The van der Waals surface area contributed by atoms with Crippen LogP contribution in [-0.2, 0) is 6.54 Å². The van der Waals surface area contributed by atoms with Gasteiger partial charge in [0.25, 0.3) is 0 Å². The van der Waals surface area contributed by atoms with Crippen molar-refractivity contribution >= 4 is 45.9 Å². The summed E-state index contributed by atoms with van der Waals surface area (Å²) >= 11 is 3.48. The highest BCUT2D eigenvalue weighted by atomic mass is 127. The van der Waals surface area contributed by atoms with Gasteiger partial charge in [0.1, 0.15) is 5.75 Å². The lowest BCUT2D eigenvalue weighted by molar-refractivity contribution is 0.412. The smallest absolute Gasteiger partial charge is 0.191 e. The number of aliphatic imine (C=N–C) groups is 1. The molecular formula is C14H23BrIN3O. The van der Waals surface area contributed by atoms with Crippen molar-refractivity contribution in [2.24, 2.45) is 4.99 Å². The van der Waals surface area contributed by atoms with Crippen molar-refractivity contribution in [1.29, 1.82) is 0 Å². The highest BCUT2D eigenvalue weighted by Gasteiger charge is 2.11. The number of hydrogen-bond donors (Lipinski definition) is 2. The first kappa shape index (κ1) is 19.5. The molecule has 0 unspecified atom stereocenters. The van der Waals surface area contributed by atoms with E-state index in [1.165, 1.54) is 0 Å². The van der Waals surface area contributed by atoms with E-state index in [2.05, 4.69) is 52.3 Å². The van der Waals surface area contributed by atoms with E-state index >= 15 is 0 Å². The molecule has 0 radical (unpaired) electrons. The fourth-order valence-electron chi connectivity index (χ4n) is 1.54. The second kappa shape index (κ2) is 8.71. The molecule has 2 N–H and O–H groups in total. The molecule has 4 nitrogen and oxygen atoms in total. The van der Waals surface area contributed by atoms with Crippen LogP contribution in [0.3, 0.4) is 0 Å². The summed E-state index contributed by atoms with van der Waals surface area (Å²) in [6, 6.07) is 6.01. The van der Waals surface area contributed by atoms with E-state index in [4.69, 9.17) is 4.74 Å². The molecule has 0 bridgehead atoms. The van der Waals surface area contributed by atoms with Crippen LogP contribution in [-0.4, -0.2) is 25.7 Å². The van der Waals surface area contributed by atoms with E-state index in [-0.39, 0.29) is 29.5 Å². The summed E-state index contributed by atoms with van der Waals surface area (Å²) in [7, 11) is 3.43. The maximum Gasteiger partial charge on any atom is 0.191 e. The highest BCUT2D eigenvalue weighted by Crippen LogP contribution is 2.25. The number of benzene rings is 1. The maximum atomic E-state index is 5.21. The third-order valence-corrected chi connectivity index (χ3v) is 3.01. The normalized spacial score (nSPS) is 11.6. The average molecular weight is 456 g/mol. The molecule has 0 spiro atoms. The SMILES string of the molecule is CN=C(NCc1ccc(OC)c(Br)c1)NC(C)(C)C.I. The Bertz CT molecular complexity index is 458. The average Bonchev–Trinajstić information content (AvgIpc) is 2.33. The lowest BCUT2D eigenvalue weighted by atomic mass is 10.1. The largest absolute Gasteiger partial charge is 0.496 e. The minimum Gasteiger partial charge on any atom is -0.496 e. The second-order valence-corrected chi connectivity index (χ2v) is 6.12. The van der Waals surface area contributed by atoms with Crippen LogP contribution in [0, 0.1) is 0 Å². The quantitative estimate of drug-likeness (QED) is 0.416. The molecule has 1 rings (SSSR count). The number of ether oxygens (including phenoxy) is 1. The van der Waals surface area contributed by atoms with Crippen LogP contribution in [0.2, 0.25) is 0 Å². The molecule has 1 aromatic carbocycles. The third-order valence-electron chi connectivity index (χ3n) is 2.39. The van der Waals surface area contributed by atoms with Crippen LogP contribution in [0.15, 0.2) is 27.7 Å². The number of nitrogens with one attached hydrogen (secondary N) is 2. The van der Waals surface area contributed by atoms with E-state index in [0.29, 0.717) is 6.54 Å². The summed E-state index contributed by atoms with van der Waals surface area (Å²) in [5, 5.41) is 6.60. The predicted molar refractivity (Wildman–Crippen MR) is 99.2 cm³/mol. The number of nitrogens with zero attached hydrogens (tertiary/aromatic N) is 1. The maximum absolute atomic E-state index is 5.21. The Kier molecular flexibility index (Phi) is 8.50. The first-order chi connectivity index (χ1) is 8.85. The van der Waals surface area contributed by atoms with Gasteiger partial charge in [0.05, 0.1) is 11.6 Å². The molecule has 0 aliphatic rings. The number of hydrogen-bond acceptors (Lipinski definition) is 2.